The van der Waals surface area contributed by atoms with Crippen LogP contribution in [0.4, 0.5) is 5.69 Å². The van der Waals surface area contributed by atoms with Crippen LogP contribution in [0.5, 0.6) is 0 Å². The lowest BCUT2D eigenvalue weighted by Crippen LogP contribution is -2.37. The van der Waals surface area contributed by atoms with Crippen LogP contribution < -0.4 is 10.2 Å². The van der Waals surface area contributed by atoms with Crippen LogP contribution in [-0.2, 0) is 0 Å². The Bertz CT molecular complexity index is 371. The van der Waals surface area contributed by atoms with Crippen molar-refractivity contribution in [2.75, 3.05) is 18.0 Å². The number of benzene rings is 1. The Balaban J connectivity index is 2.08. The molecule has 2 nitrogen and oxygen atoms in total. The molecule has 106 valence electrons. The maximum atomic E-state index is 3.54. The zero-order valence-electron chi connectivity index (χ0n) is 12.7. The lowest BCUT2D eigenvalue weighted by molar-refractivity contribution is 0.484. The SMILES string of the molecule is CCNC(CC)c1ccc(N2CCCCC2C)cc1. The van der Waals surface area contributed by atoms with Gasteiger partial charge in [0.05, 0.1) is 0 Å². The number of anilines is 1. The van der Waals surface area contributed by atoms with Crippen molar-refractivity contribution >= 4 is 5.69 Å². The lowest BCUT2D eigenvalue weighted by Gasteiger charge is -2.35. The van der Waals surface area contributed by atoms with E-state index in [-0.39, 0.29) is 0 Å². The van der Waals surface area contributed by atoms with E-state index < -0.39 is 0 Å². The molecule has 2 unspecified atom stereocenters. The fourth-order valence-corrected chi connectivity index (χ4v) is 3.12. The highest BCUT2D eigenvalue weighted by Gasteiger charge is 2.18. The Morgan fingerprint density at radius 1 is 1.21 bits per heavy atom. The predicted octanol–water partition coefficient (Wildman–Crippen LogP) is 4.13. The first kappa shape index (κ1) is 14.4. The average molecular weight is 260 g/mol. The maximum absolute atomic E-state index is 3.54. The van der Waals surface area contributed by atoms with Crippen molar-refractivity contribution < 1.29 is 0 Å². The van der Waals surface area contributed by atoms with Crippen molar-refractivity contribution in [1.29, 1.82) is 0 Å². The van der Waals surface area contributed by atoms with Crippen molar-refractivity contribution in [3.63, 3.8) is 0 Å². The van der Waals surface area contributed by atoms with Gasteiger partial charge >= 0.3 is 0 Å². The number of rotatable bonds is 5. The zero-order valence-corrected chi connectivity index (χ0v) is 12.7. The Morgan fingerprint density at radius 2 is 1.95 bits per heavy atom. The number of nitrogens with zero attached hydrogens (tertiary/aromatic N) is 1. The van der Waals surface area contributed by atoms with Crippen LogP contribution in [0.3, 0.4) is 0 Å². The third-order valence-corrected chi connectivity index (χ3v) is 4.29. The van der Waals surface area contributed by atoms with E-state index in [1.54, 1.807) is 0 Å². The lowest BCUT2D eigenvalue weighted by atomic mass is 10.0. The Kier molecular flexibility index (Phi) is 5.26. The molecule has 0 aliphatic carbocycles. The summed E-state index contributed by atoms with van der Waals surface area (Å²) < 4.78 is 0. The summed E-state index contributed by atoms with van der Waals surface area (Å²) in [6.07, 6.45) is 5.19. The topological polar surface area (TPSA) is 15.3 Å². The molecule has 1 aliphatic rings. The van der Waals surface area contributed by atoms with Crippen molar-refractivity contribution in [2.45, 2.75) is 58.5 Å². The summed E-state index contributed by atoms with van der Waals surface area (Å²) in [4.78, 5) is 2.56. The van der Waals surface area contributed by atoms with Crippen molar-refractivity contribution in [1.82, 2.24) is 5.32 Å². The molecule has 0 spiro atoms. The Hall–Kier alpha value is -1.02. The monoisotopic (exact) mass is 260 g/mol. The third kappa shape index (κ3) is 3.50. The van der Waals surface area contributed by atoms with Crippen LogP contribution in [0.25, 0.3) is 0 Å². The average Bonchev–Trinajstić information content (AvgIpc) is 2.46. The van der Waals surface area contributed by atoms with E-state index in [4.69, 9.17) is 0 Å². The number of piperidine rings is 1. The van der Waals surface area contributed by atoms with E-state index in [0.717, 1.165) is 13.0 Å². The standard InChI is InChI=1S/C17H28N2/c1-4-17(18-5-2)15-9-11-16(12-10-15)19-13-7-6-8-14(19)3/h9-12,14,17-18H,4-8,13H2,1-3H3. The highest BCUT2D eigenvalue weighted by Crippen LogP contribution is 2.26. The van der Waals surface area contributed by atoms with Gasteiger partial charge in [0.1, 0.15) is 0 Å². The van der Waals surface area contributed by atoms with Crippen molar-refractivity contribution in [2.24, 2.45) is 0 Å². The van der Waals surface area contributed by atoms with Gasteiger partial charge in [0.25, 0.3) is 0 Å². The fourth-order valence-electron chi connectivity index (χ4n) is 3.12. The number of hydrogen-bond donors (Lipinski definition) is 1. The molecule has 2 heteroatoms. The summed E-state index contributed by atoms with van der Waals surface area (Å²) in [6, 6.07) is 10.4. The van der Waals surface area contributed by atoms with Gasteiger partial charge in [0.2, 0.25) is 0 Å². The number of nitrogens with one attached hydrogen (secondary N) is 1. The molecule has 1 fully saturated rings. The van der Waals surface area contributed by atoms with Crippen LogP contribution in [0, 0.1) is 0 Å². The van der Waals surface area contributed by atoms with Gasteiger partial charge in [-0.15, -0.1) is 0 Å². The van der Waals surface area contributed by atoms with Crippen LogP contribution in [0.2, 0.25) is 0 Å². The molecule has 0 bridgehead atoms. The summed E-state index contributed by atoms with van der Waals surface area (Å²) in [6.45, 7) is 9.01. The highest BCUT2D eigenvalue weighted by molar-refractivity contribution is 5.49. The Labute approximate surface area is 118 Å². The molecule has 1 saturated heterocycles. The van der Waals surface area contributed by atoms with Crippen LogP contribution in [0.15, 0.2) is 24.3 Å². The molecular formula is C17H28N2. The minimum atomic E-state index is 0.498. The predicted molar refractivity (Wildman–Crippen MR) is 83.8 cm³/mol. The van der Waals surface area contributed by atoms with Gasteiger partial charge in [-0.3, -0.25) is 0 Å². The van der Waals surface area contributed by atoms with Gasteiger partial charge in [-0.05, 0) is 56.8 Å². The second kappa shape index (κ2) is 6.95. The van der Waals surface area contributed by atoms with Crippen LogP contribution in [-0.4, -0.2) is 19.1 Å². The quantitative estimate of drug-likeness (QED) is 0.856. The summed E-state index contributed by atoms with van der Waals surface area (Å²) >= 11 is 0. The first-order chi connectivity index (χ1) is 9.26. The van der Waals surface area contributed by atoms with E-state index in [1.807, 2.05) is 0 Å². The van der Waals surface area contributed by atoms with E-state index in [9.17, 15) is 0 Å². The second-order valence-electron chi connectivity index (χ2n) is 5.65. The van der Waals surface area contributed by atoms with E-state index in [0.29, 0.717) is 12.1 Å². The van der Waals surface area contributed by atoms with Crippen LogP contribution >= 0.6 is 0 Å². The molecular weight excluding hydrogens is 232 g/mol. The van der Waals surface area contributed by atoms with Gasteiger partial charge in [-0.25, -0.2) is 0 Å². The van der Waals surface area contributed by atoms with E-state index in [2.05, 4.69) is 55.3 Å². The second-order valence-corrected chi connectivity index (χ2v) is 5.65. The first-order valence-corrected chi connectivity index (χ1v) is 7.86. The number of hydrogen-bond acceptors (Lipinski definition) is 2. The van der Waals surface area contributed by atoms with E-state index >= 15 is 0 Å². The molecule has 0 saturated carbocycles. The molecule has 2 rings (SSSR count). The van der Waals surface area contributed by atoms with Gasteiger partial charge in [-0.1, -0.05) is 26.0 Å². The molecule has 1 heterocycles. The summed E-state index contributed by atoms with van der Waals surface area (Å²) in [5.41, 5.74) is 2.81. The fraction of sp³-hybridized carbons (Fsp3) is 0.647. The normalized spacial score (nSPS) is 21.4. The molecule has 1 aromatic carbocycles. The van der Waals surface area contributed by atoms with E-state index in [1.165, 1.54) is 37.1 Å². The molecule has 0 radical (unpaired) electrons. The molecule has 1 aromatic rings. The molecule has 19 heavy (non-hydrogen) atoms. The smallest absolute Gasteiger partial charge is 0.0368 e. The summed E-state index contributed by atoms with van der Waals surface area (Å²) in [7, 11) is 0. The largest absolute Gasteiger partial charge is 0.369 e. The molecule has 2 atom stereocenters. The molecule has 0 aromatic heterocycles. The van der Waals surface area contributed by atoms with Gasteiger partial charge in [0.15, 0.2) is 0 Å². The molecule has 1 N–H and O–H groups in total. The zero-order chi connectivity index (χ0) is 13.7. The van der Waals surface area contributed by atoms with Crippen molar-refractivity contribution in [3.05, 3.63) is 29.8 Å². The van der Waals surface area contributed by atoms with Crippen molar-refractivity contribution in [3.8, 4) is 0 Å². The van der Waals surface area contributed by atoms with Gasteiger partial charge in [-0.2, -0.15) is 0 Å². The summed E-state index contributed by atoms with van der Waals surface area (Å²) in [5, 5.41) is 3.54. The van der Waals surface area contributed by atoms with Crippen LogP contribution in [0.1, 0.15) is 58.1 Å². The molecule has 1 aliphatic heterocycles. The van der Waals surface area contributed by atoms with Gasteiger partial charge < -0.3 is 10.2 Å². The van der Waals surface area contributed by atoms with Gasteiger partial charge in [0, 0.05) is 24.3 Å². The third-order valence-electron chi connectivity index (χ3n) is 4.29. The molecule has 0 amide bonds. The summed E-state index contributed by atoms with van der Waals surface area (Å²) in [5.74, 6) is 0. The Morgan fingerprint density at radius 3 is 2.53 bits per heavy atom. The maximum Gasteiger partial charge on any atom is 0.0368 e. The minimum absolute atomic E-state index is 0.498. The first-order valence-electron chi connectivity index (χ1n) is 7.86. The minimum Gasteiger partial charge on any atom is -0.369 e. The highest BCUT2D eigenvalue weighted by atomic mass is 15.2.